The van der Waals surface area contributed by atoms with Gasteiger partial charge in [0.05, 0.1) is 6.04 Å². The Kier molecular flexibility index (Phi) is 13.5. The van der Waals surface area contributed by atoms with Gasteiger partial charge in [0.15, 0.2) is 0 Å². The molecule has 0 heterocycles. The molecule has 3 amide bonds. The van der Waals surface area contributed by atoms with Gasteiger partial charge in [-0.05, 0) is 67.9 Å². The van der Waals surface area contributed by atoms with Gasteiger partial charge in [-0.1, -0.05) is 12.1 Å². The molecule has 4 atom stereocenters. The molecule has 0 saturated carbocycles. The van der Waals surface area contributed by atoms with Crippen LogP contribution >= 0.6 is 23.5 Å². The summed E-state index contributed by atoms with van der Waals surface area (Å²) in [5, 5.41) is 26.3. The Morgan fingerprint density at radius 1 is 0.882 bits per heavy atom. The third-order valence-electron chi connectivity index (χ3n) is 4.95. The summed E-state index contributed by atoms with van der Waals surface area (Å²) in [6.45, 7) is 1.45. The molecule has 1 rings (SSSR count). The van der Waals surface area contributed by atoms with Crippen LogP contribution in [0.25, 0.3) is 0 Å². The minimum absolute atomic E-state index is 0.104. The van der Waals surface area contributed by atoms with Crippen LogP contribution in [0.5, 0.6) is 5.75 Å². The lowest BCUT2D eigenvalue weighted by Gasteiger charge is -2.23. The standard InChI is InChI=1S/C22H34N4O6S2/c1-13(19(28)26-18(22(31)32)9-11-34-3)24-21(30)17(8-10-33-2)25-20(29)16(23)12-14-4-6-15(27)7-5-14/h4-7,13,16-18,27H,8-12,23H2,1-3H3,(H,24,30)(H,25,29)(H,26,28)(H,31,32). The third kappa shape index (κ3) is 10.7. The Morgan fingerprint density at radius 2 is 1.41 bits per heavy atom. The lowest BCUT2D eigenvalue weighted by atomic mass is 10.0. The van der Waals surface area contributed by atoms with Crippen LogP contribution in [0.15, 0.2) is 24.3 Å². The van der Waals surface area contributed by atoms with E-state index in [0.29, 0.717) is 17.9 Å². The van der Waals surface area contributed by atoms with E-state index < -0.39 is 47.9 Å². The van der Waals surface area contributed by atoms with Gasteiger partial charge in [-0.15, -0.1) is 0 Å². The number of thioether (sulfide) groups is 2. The molecule has 0 radical (unpaired) electrons. The average Bonchev–Trinajstić information content (AvgIpc) is 2.79. The number of amides is 3. The van der Waals surface area contributed by atoms with Gasteiger partial charge in [0.2, 0.25) is 17.7 Å². The number of carbonyl (C=O) groups excluding carboxylic acids is 3. The van der Waals surface area contributed by atoms with Crippen LogP contribution in [0.1, 0.15) is 25.3 Å². The number of hydrogen-bond donors (Lipinski definition) is 6. The van der Waals surface area contributed by atoms with Gasteiger partial charge in [-0.2, -0.15) is 23.5 Å². The highest BCUT2D eigenvalue weighted by Crippen LogP contribution is 2.11. The largest absolute Gasteiger partial charge is 0.508 e. The minimum Gasteiger partial charge on any atom is -0.508 e. The van der Waals surface area contributed by atoms with E-state index in [0.717, 1.165) is 5.56 Å². The van der Waals surface area contributed by atoms with Crippen molar-refractivity contribution < 1.29 is 29.4 Å². The van der Waals surface area contributed by atoms with Crippen LogP contribution in [0, 0.1) is 0 Å². The topological polar surface area (TPSA) is 171 Å². The third-order valence-corrected chi connectivity index (χ3v) is 6.24. The summed E-state index contributed by atoms with van der Waals surface area (Å²) in [5.41, 5.74) is 6.76. The van der Waals surface area contributed by atoms with Crippen molar-refractivity contribution in [2.75, 3.05) is 24.0 Å². The summed E-state index contributed by atoms with van der Waals surface area (Å²) in [6.07, 6.45) is 4.50. The lowest BCUT2D eigenvalue weighted by molar-refractivity contribution is -0.142. The molecule has 1 aromatic rings. The lowest BCUT2D eigenvalue weighted by Crippen LogP contribution is -2.56. The molecule has 10 nitrogen and oxygen atoms in total. The van der Waals surface area contributed by atoms with Crippen LogP contribution in [0.4, 0.5) is 0 Å². The van der Waals surface area contributed by atoms with Crippen LogP contribution in [-0.2, 0) is 25.6 Å². The zero-order valence-electron chi connectivity index (χ0n) is 19.6. The Bertz CT molecular complexity index is 824. The molecule has 0 aliphatic heterocycles. The zero-order chi connectivity index (χ0) is 25.7. The van der Waals surface area contributed by atoms with E-state index in [1.807, 2.05) is 12.5 Å². The second kappa shape index (κ2) is 15.5. The number of carboxylic acids is 1. The van der Waals surface area contributed by atoms with E-state index in [1.54, 1.807) is 12.1 Å². The van der Waals surface area contributed by atoms with Gasteiger partial charge in [0, 0.05) is 0 Å². The van der Waals surface area contributed by atoms with Gasteiger partial charge in [-0.25, -0.2) is 4.79 Å². The number of rotatable bonds is 15. The molecule has 0 saturated heterocycles. The van der Waals surface area contributed by atoms with Gasteiger partial charge >= 0.3 is 5.97 Å². The van der Waals surface area contributed by atoms with Crippen LogP contribution in [-0.4, -0.2) is 82.1 Å². The van der Waals surface area contributed by atoms with E-state index in [2.05, 4.69) is 16.0 Å². The van der Waals surface area contributed by atoms with E-state index >= 15 is 0 Å². The summed E-state index contributed by atoms with van der Waals surface area (Å²) >= 11 is 2.96. The number of phenolic OH excluding ortho intramolecular Hbond substituents is 1. The van der Waals surface area contributed by atoms with E-state index in [-0.39, 0.29) is 18.6 Å². The Morgan fingerprint density at radius 3 is 1.94 bits per heavy atom. The number of carboxylic acid groups (broad SMARTS) is 1. The predicted molar refractivity (Wildman–Crippen MR) is 135 cm³/mol. The molecular formula is C22H34N4O6S2. The molecule has 12 heteroatoms. The number of phenols is 1. The summed E-state index contributed by atoms with van der Waals surface area (Å²) in [7, 11) is 0. The van der Waals surface area contributed by atoms with E-state index in [9.17, 15) is 29.4 Å². The highest BCUT2D eigenvalue weighted by atomic mass is 32.2. The van der Waals surface area contributed by atoms with Gasteiger partial charge in [-0.3, -0.25) is 14.4 Å². The molecule has 0 fully saturated rings. The summed E-state index contributed by atoms with van der Waals surface area (Å²) < 4.78 is 0. The molecule has 4 unspecified atom stereocenters. The number of aliphatic carboxylic acids is 1. The molecule has 0 aliphatic rings. The first-order chi connectivity index (χ1) is 16.1. The van der Waals surface area contributed by atoms with Crippen molar-refractivity contribution in [2.24, 2.45) is 5.73 Å². The number of carbonyl (C=O) groups is 4. The van der Waals surface area contributed by atoms with Crippen molar-refractivity contribution >= 4 is 47.2 Å². The maximum atomic E-state index is 12.8. The second-order valence-electron chi connectivity index (χ2n) is 7.73. The van der Waals surface area contributed by atoms with Crippen molar-refractivity contribution in [3.8, 4) is 5.75 Å². The van der Waals surface area contributed by atoms with Crippen molar-refractivity contribution in [1.82, 2.24) is 16.0 Å². The quantitative estimate of drug-likeness (QED) is 0.193. The second-order valence-corrected chi connectivity index (χ2v) is 9.70. The van der Waals surface area contributed by atoms with Crippen molar-refractivity contribution in [2.45, 2.75) is 50.4 Å². The fraction of sp³-hybridized carbons (Fsp3) is 0.545. The van der Waals surface area contributed by atoms with E-state index in [4.69, 9.17) is 5.73 Å². The van der Waals surface area contributed by atoms with Gasteiger partial charge in [0.1, 0.15) is 23.9 Å². The maximum Gasteiger partial charge on any atom is 0.326 e. The molecule has 1 aromatic carbocycles. The van der Waals surface area contributed by atoms with E-state index in [1.165, 1.54) is 42.6 Å². The average molecular weight is 515 g/mol. The number of benzene rings is 1. The Labute approximate surface area is 208 Å². The maximum absolute atomic E-state index is 12.8. The Balaban J connectivity index is 2.73. The van der Waals surface area contributed by atoms with Crippen LogP contribution in [0.2, 0.25) is 0 Å². The monoisotopic (exact) mass is 514 g/mol. The van der Waals surface area contributed by atoms with Crippen LogP contribution < -0.4 is 21.7 Å². The first-order valence-electron chi connectivity index (χ1n) is 10.7. The van der Waals surface area contributed by atoms with Crippen molar-refractivity contribution in [1.29, 1.82) is 0 Å². The summed E-state index contributed by atoms with van der Waals surface area (Å²) in [4.78, 5) is 49.2. The highest BCUT2D eigenvalue weighted by Gasteiger charge is 2.28. The molecule has 190 valence electrons. The molecule has 0 bridgehead atoms. The summed E-state index contributed by atoms with van der Waals surface area (Å²) in [6, 6.07) is 2.44. The first-order valence-corrected chi connectivity index (χ1v) is 13.5. The zero-order valence-corrected chi connectivity index (χ0v) is 21.2. The molecule has 0 spiro atoms. The number of hydrogen-bond acceptors (Lipinski definition) is 8. The molecular weight excluding hydrogens is 480 g/mol. The molecule has 34 heavy (non-hydrogen) atoms. The summed E-state index contributed by atoms with van der Waals surface area (Å²) in [5.74, 6) is -1.60. The molecule has 0 aliphatic carbocycles. The van der Waals surface area contributed by atoms with Crippen molar-refractivity contribution in [3.63, 3.8) is 0 Å². The fourth-order valence-electron chi connectivity index (χ4n) is 2.93. The molecule has 7 N–H and O–H groups in total. The molecule has 0 aromatic heterocycles. The van der Waals surface area contributed by atoms with Crippen molar-refractivity contribution in [3.05, 3.63) is 29.8 Å². The fourth-order valence-corrected chi connectivity index (χ4v) is 3.87. The SMILES string of the molecule is CSCCC(NC(=O)C(C)NC(=O)C(CCSC)NC(=O)C(N)Cc1ccc(O)cc1)C(=O)O. The number of nitrogens with two attached hydrogens (primary N) is 1. The smallest absolute Gasteiger partial charge is 0.326 e. The van der Waals surface area contributed by atoms with Gasteiger partial charge < -0.3 is 31.9 Å². The highest BCUT2D eigenvalue weighted by molar-refractivity contribution is 7.98. The van der Waals surface area contributed by atoms with Gasteiger partial charge in [0.25, 0.3) is 0 Å². The number of aromatic hydroxyl groups is 1. The van der Waals surface area contributed by atoms with Crippen LogP contribution in [0.3, 0.4) is 0 Å². The normalized spacial score (nSPS) is 14.4. The number of nitrogens with one attached hydrogen (secondary N) is 3. The predicted octanol–water partition coefficient (Wildman–Crippen LogP) is 0.327. The first kappa shape index (κ1) is 29.6. The Hall–Kier alpha value is -2.44. The minimum atomic E-state index is -1.14.